The minimum Gasteiger partial charge on any atom is -0.381 e. The maximum Gasteiger partial charge on any atom is 0.389 e. The molecule has 0 saturated carbocycles. The van der Waals surface area contributed by atoms with E-state index in [0.29, 0.717) is 6.42 Å². The number of nitrogens with zero attached hydrogens (tertiary/aromatic N) is 3. The molecule has 0 bridgehead atoms. The van der Waals surface area contributed by atoms with Gasteiger partial charge in [0.25, 0.3) is 0 Å². The fraction of sp³-hybridized carbons (Fsp3) is 0.429. The van der Waals surface area contributed by atoms with Gasteiger partial charge in [-0.2, -0.15) is 18.3 Å². The first-order chi connectivity index (χ1) is 9.96. The van der Waals surface area contributed by atoms with E-state index < -0.39 is 12.6 Å². The quantitative estimate of drug-likeness (QED) is 0.882. The number of alkyl halides is 3. The molecule has 1 aromatic carbocycles. The van der Waals surface area contributed by atoms with E-state index in [1.165, 1.54) is 6.33 Å². The van der Waals surface area contributed by atoms with Crippen LogP contribution in [0.15, 0.2) is 36.9 Å². The maximum atomic E-state index is 12.1. The Bertz CT molecular complexity index is 552. The van der Waals surface area contributed by atoms with Gasteiger partial charge in [-0.25, -0.2) is 9.67 Å². The molecule has 1 aromatic heterocycles. The SMILES string of the molecule is CC(CCCC(F)(F)F)Nc1ccccc1-n1cncn1. The highest BCUT2D eigenvalue weighted by atomic mass is 19.4. The molecule has 1 heterocycles. The Kier molecular flexibility index (Phi) is 4.82. The molecule has 0 aliphatic heterocycles. The summed E-state index contributed by atoms with van der Waals surface area (Å²) < 4.78 is 38.0. The number of nitrogens with one attached hydrogen (secondary N) is 1. The summed E-state index contributed by atoms with van der Waals surface area (Å²) in [6.07, 6.45) is -1.26. The van der Waals surface area contributed by atoms with Crippen LogP contribution in [0, 0.1) is 0 Å². The zero-order valence-corrected chi connectivity index (χ0v) is 11.6. The largest absolute Gasteiger partial charge is 0.389 e. The van der Waals surface area contributed by atoms with Gasteiger partial charge in [-0.15, -0.1) is 0 Å². The van der Waals surface area contributed by atoms with Crippen LogP contribution in [0.1, 0.15) is 26.2 Å². The van der Waals surface area contributed by atoms with Crippen LogP contribution in [-0.2, 0) is 0 Å². The van der Waals surface area contributed by atoms with Crippen molar-refractivity contribution in [2.24, 2.45) is 0 Å². The number of hydrogen-bond donors (Lipinski definition) is 1. The summed E-state index contributed by atoms with van der Waals surface area (Å²) in [6, 6.07) is 7.43. The Labute approximate surface area is 121 Å². The van der Waals surface area contributed by atoms with Gasteiger partial charge in [0.1, 0.15) is 12.7 Å². The molecule has 0 aliphatic rings. The second-order valence-corrected chi connectivity index (χ2v) is 4.91. The lowest BCUT2D eigenvalue weighted by Crippen LogP contribution is -2.18. The summed E-state index contributed by atoms with van der Waals surface area (Å²) in [7, 11) is 0. The van der Waals surface area contributed by atoms with Crippen molar-refractivity contribution >= 4 is 5.69 Å². The number of anilines is 1. The van der Waals surface area contributed by atoms with Gasteiger partial charge in [0, 0.05) is 12.5 Å². The minimum absolute atomic E-state index is 0.0583. The summed E-state index contributed by atoms with van der Waals surface area (Å²) in [6.45, 7) is 1.87. The van der Waals surface area contributed by atoms with Gasteiger partial charge in [0.2, 0.25) is 0 Å². The van der Waals surface area contributed by atoms with E-state index in [0.717, 1.165) is 11.4 Å². The second kappa shape index (κ2) is 6.60. The number of rotatable bonds is 6. The minimum atomic E-state index is -4.08. The van der Waals surface area contributed by atoms with Crippen LogP contribution in [0.2, 0.25) is 0 Å². The molecule has 1 N–H and O–H groups in total. The maximum absolute atomic E-state index is 12.1. The summed E-state index contributed by atoms with van der Waals surface area (Å²) in [5, 5.41) is 7.29. The normalized spacial score (nSPS) is 13.1. The zero-order valence-electron chi connectivity index (χ0n) is 11.6. The molecule has 4 nitrogen and oxygen atoms in total. The topological polar surface area (TPSA) is 42.7 Å². The van der Waals surface area contributed by atoms with Crippen molar-refractivity contribution in [3.05, 3.63) is 36.9 Å². The monoisotopic (exact) mass is 298 g/mol. The third kappa shape index (κ3) is 4.77. The van der Waals surface area contributed by atoms with Crippen molar-refractivity contribution in [1.29, 1.82) is 0 Å². The van der Waals surface area contributed by atoms with E-state index in [1.807, 2.05) is 31.2 Å². The van der Waals surface area contributed by atoms with E-state index in [4.69, 9.17) is 0 Å². The Morgan fingerprint density at radius 1 is 1.29 bits per heavy atom. The molecule has 0 spiro atoms. The Balaban J connectivity index is 1.97. The van der Waals surface area contributed by atoms with E-state index in [2.05, 4.69) is 15.4 Å². The first-order valence-electron chi connectivity index (χ1n) is 6.73. The molecule has 2 aromatic rings. The summed E-state index contributed by atoms with van der Waals surface area (Å²) in [5.74, 6) is 0. The van der Waals surface area contributed by atoms with Gasteiger partial charge in [-0.1, -0.05) is 12.1 Å². The molecular weight excluding hydrogens is 281 g/mol. The average Bonchev–Trinajstić information content (AvgIpc) is 2.91. The van der Waals surface area contributed by atoms with Gasteiger partial charge in [0.15, 0.2) is 0 Å². The zero-order chi connectivity index (χ0) is 15.3. The highest BCUT2D eigenvalue weighted by molar-refractivity contribution is 5.60. The summed E-state index contributed by atoms with van der Waals surface area (Å²) >= 11 is 0. The lowest BCUT2D eigenvalue weighted by Gasteiger charge is -2.18. The van der Waals surface area contributed by atoms with E-state index in [-0.39, 0.29) is 12.5 Å². The number of aromatic nitrogens is 3. The van der Waals surface area contributed by atoms with Crippen LogP contribution >= 0.6 is 0 Å². The van der Waals surface area contributed by atoms with E-state index in [9.17, 15) is 13.2 Å². The van der Waals surface area contributed by atoms with Gasteiger partial charge in [-0.05, 0) is 31.9 Å². The first kappa shape index (κ1) is 15.3. The Hall–Kier alpha value is -2.05. The van der Waals surface area contributed by atoms with E-state index in [1.54, 1.807) is 11.0 Å². The lowest BCUT2D eigenvalue weighted by atomic mass is 10.1. The first-order valence-corrected chi connectivity index (χ1v) is 6.73. The molecule has 2 rings (SSSR count). The van der Waals surface area contributed by atoms with Crippen molar-refractivity contribution in [2.75, 3.05) is 5.32 Å². The number of para-hydroxylation sites is 2. The van der Waals surface area contributed by atoms with Crippen LogP contribution in [-0.4, -0.2) is 27.0 Å². The van der Waals surface area contributed by atoms with Crippen molar-refractivity contribution in [3.8, 4) is 5.69 Å². The third-order valence-corrected chi connectivity index (χ3v) is 3.07. The third-order valence-electron chi connectivity index (χ3n) is 3.07. The van der Waals surface area contributed by atoms with Gasteiger partial charge in [-0.3, -0.25) is 0 Å². The molecule has 0 aliphatic carbocycles. The highest BCUT2D eigenvalue weighted by Crippen LogP contribution is 2.24. The Morgan fingerprint density at radius 2 is 2.05 bits per heavy atom. The molecule has 0 fully saturated rings. The smallest absolute Gasteiger partial charge is 0.381 e. The van der Waals surface area contributed by atoms with Crippen LogP contribution < -0.4 is 5.32 Å². The molecule has 114 valence electrons. The lowest BCUT2D eigenvalue weighted by molar-refractivity contribution is -0.135. The number of halogens is 3. The molecular formula is C14H17F3N4. The van der Waals surface area contributed by atoms with Gasteiger partial charge >= 0.3 is 6.18 Å². The van der Waals surface area contributed by atoms with E-state index >= 15 is 0 Å². The van der Waals surface area contributed by atoms with Crippen molar-refractivity contribution in [2.45, 2.75) is 38.4 Å². The fourth-order valence-electron chi connectivity index (χ4n) is 2.07. The van der Waals surface area contributed by atoms with Crippen molar-refractivity contribution in [1.82, 2.24) is 14.8 Å². The predicted molar refractivity (Wildman–Crippen MR) is 74.3 cm³/mol. The second-order valence-electron chi connectivity index (χ2n) is 4.91. The summed E-state index contributed by atoms with van der Waals surface area (Å²) in [5.41, 5.74) is 1.64. The predicted octanol–water partition coefficient (Wildman–Crippen LogP) is 3.80. The van der Waals surface area contributed by atoms with Crippen LogP contribution in [0.25, 0.3) is 5.69 Å². The molecule has 7 heteroatoms. The van der Waals surface area contributed by atoms with Crippen LogP contribution in [0.3, 0.4) is 0 Å². The fourth-order valence-corrected chi connectivity index (χ4v) is 2.07. The molecule has 0 saturated heterocycles. The van der Waals surface area contributed by atoms with Crippen LogP contribution in [0.5, 0.6) is 0 Å². The van der Waals surface area contributed by atoms with Crippen molar-refractivity contribution < 1.29 is 13.2 Å². The molecule has 21 heavy (non-hydrogen) atoms. The van der Waals surface area contributed by atoms with Crippen molar-refractivity contribution in [3.63, 3.8) is 0 Å². The molecule has 0 radical (unpaired) electrons. The molecule has 0 amide bonds. The standard InChI is InChI=1S/C14H17F3N4/c1-11(5-4-8-14(15,16)17)20-12-6-2-3-7-13(12)21-10-18-9-19-21/h2-3,6-7,9-11,20H,4-5,8H2,1H3. The Morgan fingerprint density at radius 3 is 2.71 bits per heavy atom. The average molecular weight is 298 g/mol. The van der Waals surface area contributed by atoms with Gasteiger partial charge in [0.05, 0.1) is 11.4 Å². The highest BCUT2D eigenvalue weighted by Gasteiger charge is 2.26. The number of benzene rings is 1. The molecule has 1 atom stereocenters. The molecule has 1 unspecified atom stereocenters. The number of hydrogen-bond acceptors (Lipinski definition) is 3. The summed E-state index contributed by atoms with van der Waals surface area (Å²) in [4.78, 5) is 3.89. The van der Waals surface area contributed by atoms with Gasteiger partial charge < -0.3 is 5.32 Å². The van der Waals surface area contributed by atoms with Crippen LogP contribution in [0.4, 0.5) is 18.9 Å².